The van der Waals surface area contributed by atoms with Crippen LogP contribution in [0.1, 0.15) is 36.4 Å². The SMILES string of the molecule is COc1ccc(OC)c(C(c2cccc(Cl)c2)N2CCCCC2C(=O)O)c1. The molecule has 1 aliphatic heterocycles. The summed E-state index contributed by atoms with van der Waals surface area (Å²) in [5.74, 6) is 0.584. The van der Waals surface area contributed by atoms with E-state index in [4.69, 9.17) is 21.1 Å². The Kier molecular flexibility index (Phi) is 6.24. The Morgan fingerprint density at radius 2 is 2.00 bits per heavy atom. The molecule has 2 atom stereocenters. The number of carboxylic acids is 1. The number of carbonyl (C=O) groups is 1. The fraction of sp³-hybridized carbons (Fsp3) is 0.381. The van der Waals surface area contributed by atoms with Gasteiger partial charge in [0.1, 0.15) is 17.5 Å². The number of benzene rings is 2. The van der Waals surface area contributed by atoms with Crippen molar-refractivity contribution in [3.63, 3.8) is 0 Å². The van der Waals surface area contributed by atoms with E-state index in [9.17, 15) is 9.90 Å². The first-order chi connectivity index (χ1) is 13.0. The van der Waals surface area contributed by atoms with Crippen molar-refractivity contribution in [2.24, 2.45) is 0 Å². The first-order valence-corrected chi connectivity index (χ1v) is 9.39. The summed E-state index contributed by atoms with van der Waals surface area (Å²) in [6.07, 6.45) is 2.48. The standard InChI is InChI=1S/C21H24ClNO4/c1-26-16-9-10-19(27-2)17(13-16)20(14-6-5-7-15(22)12-14)23-11-4-3-8-18(23)21(24)25/h5-7,9-10,12-13,18,20H,3-4,8,11H2,1-2H3,(H,24,25). The number of hydrogen-bond donors (Lipinski definition) is 1. The highest BCUT2D eigenvalue weighted by atomic mass is 35.5. The van der Waals surface area contributed by atoms with Gasteiger partial charge in [-0.15, -0.1) is 0 Å². The lowest BCUT2D eigenvalue weighted by atomic mass is 9.91. The number of rotatable bonds is 6. The van der Waals surface area contributed by atoms with Crippen molar-refractivity contribution in [1.82, 2.24) is 4.90 Å². The number of hydrogen-bond acceptors (Lipinski definition) is 4. The van der Waals surface area contributed by atoms with Crippen molar-refractivity contribution < 1.29 is 19.4 Å². The smallest absolute Gasteiger partial charge is 0.320 e. The van der Waals surface area contributed by atoms with E-state index in [-0.39, 0.29) is 6.04 Å². The van der Waals surface area contributed by atoms with E-state index in [1.165, 1.54) is 0 Å². The first kappa shape index (κ1) is 19.5. The lowest BCUT2D eigenvalue weighted by Gasteiger charge is -2.40. The summed E-state index contributed by atoms with van der Waals surface area (Å²) in [7, 11) is 3.23. The zero-order valence-corrected chi connectivity index (χ0v) is 16.3. The van der Waals surface area contributed by atoms with Crippen molar-refractivity contribution in [1.29, 1.82) is 0 Å². The Morgan fingerprint density at radius 1 is 1.19 bits per heavy atom. The molecule has 3 rings (SSSR count). The van der Waals surface area contributed by atoms with Crippen LogP contribution < -0.4 is 9.47 Å². The van der Waals surface area contributed by atoms with E-state index >= 15 is 0 Å². The van der Waals surface area contributed by atoms with Gasteiger partial charge in [0.25, 0.3) is 0 Å². The molecule has 1 fully saturated rings. The molecule has 2 aromatic carbocycles. The molecule has 0 spiro atoms. The molecule has 0 saturated carbocycles. The van der Waals surface area contributed by atoms with Crippen LogP contribution in [0.25, 0.3) is 0 Å². The molecule has 1 aliphatic rings. The topological polar surface area (TPSA) is 59.0 Å². The number of carboxylic acid groups (broad SMARTS) is 1. The largest absolute Gasteiger partial charge is 0.497 e. The third kappa shape index (κ3) is 4.20. The molecule has 0 amide bonds. The fourth-order valence-corrected chi connectivity index (χ4v) is 4.01. The Labute approximate surface area is 164 Å². The molecule has 6 heteroatoms. The number of ether oxygens (including phenoxy) is 2. The van der Waals surface area contributed by atoms with Crippen molar-refractivity contribution in [2.45, 2.75) is 31.3 Å². The summed E-state index contributed by atoms with van der Waals surface area (Å²) in [5, 5.41) is 10.4. The Balaban J connectivity index is 2.17. The molecule has 27 heavy (non-hydrogen) atoms. The number of halogens is 1. The van der Waals surface area contributed by atoms with Crippen LogP contribution in [-0.4, -0.2) is 42.8 Å². The van der Waals surface area contributed by atoms with Crippen LogP contribution in [-0.2, 0) is 4.79 Å². The van der Waals surface area contributed by atoms with Crippen LogP contribution in [0.15, 0.2) is 42.5 Å². The minimum absolute atomic E-state index is 0.296. The second-order valence-electron chi connectivity index (χ2n) is 6.65. The molecular weight excluding hydrogens is 366 g/mol. The fourth-order valence-electron chi connectivity index (χ4n) is 3.81. The van der Waals surface area contributed by atoms with Gasteiger partial charge in [-0.25, -0.2) is 0 Å². The Hall–Kier alpha value is -2.24. The average molecular weight is 390 g/mol. The number of methoxy groups -OCH3 is 2. The first-order valence-electron chi connectivity index (χ1n) is 9.01. The minimum Gasteiger partial charge on any atom is -0.497 e. The second kappa shape index (κ2) is 8.63. The van der Waals surface area contributed by atoms with Crippen molar-refractivity contribution in [3.8, 4) is 11.5 Å². The molecule has 0 aromatic heterocycles. The van der Waals surface area contributed by atoms with Crippen molar-refractivity contribution in [2.75, 3.05) is 20.8 Å². The van der Waals surface area contributed by atoms with Gasteiger partial charge < -0.3 is 14.6 Å². The molecular formula is C21H24ClNO4. The number of likely N-dealkylation sites (tertiary alicyclic amines) is 1. The van der Waals surface area contributed by atoms with E-state index in [0.29, 0.717) is 29.5 Å². The van der Waals surface area contributed by atoms with Crippen LogP contribution in [0.4, 0.5) is 0 Å². The zero-order valence-electron chi connectivity index (χ0n) is 15.5. The van der Waals surface area contributed by atoms with Gasteiger partial charge in [0.15, 0.2) is 0 Å². The normalized spacial score (nSPS) is 18.7. The molecule has 1 heterocycles. The monoisotopic (exact) mass is 389 g/mol. The van der Waals surface area contributed by atoms with Gasteiger partial charge in [-0.05, 0) is 55.3 Å². The summed E-state index contributed by atoms with van der Waals surface area (Å²) in [6.45, 7) is 0.689. The third-order valence-corrected chi connectivity index (χ3v) is 5.29. The summed E-state index contributed by atoms with van der Waals surface area (Å²) >= 11 is 6.26. The highest BCUT2D eigenvalue weighted by molar-refractivity contribution is 6.30. The van der Waals surface area contributed by atoms with Gasteiger partial charge in [0, 0.05) is 10.6 Å². The number of nitrogens with zero attached hydrogens (tertiary/aromatic N) is 1. The van der Waals surface area contributed by atoms with Crippen LogP contribution in [0.2, 0.25) is 5.02 Å². The van der Waals surface area contributed by atoms with Crippen molar-refractivity contribution >= 4 is 17.6 Å². The highest BCUT2D eigenvalue weighted by Gasteiger charge is 2.36. The summed E-state index contributed by atoms with van der Waals surface area (Å²) in [4.78, 5) is 14.0. The third-order valence-electron chi connectivity index (χ3n) is 5.06. The predicted molar refractivity (Wildman–Crippen MR) is 105 cm³/mol. The second-order valence-corrected chi connectivity index (χ2v) is 7.09. The van der Waals surface area contributed by atoms with Gasteiger partial charge in [-0.1, -0.05) is 30.2 Å². The minimum atomic E-state index is -0.802. The quantitative estimate of drug-likeness (QED) is 0.794. The summed E-state index contributed by atoms with van der Waals surface area (Å²) in [5.41, 5.74) is 1.80. The van der Waals surface area contributed by atoms with E-state index in [1.807, 2.05) is 47.4 Å². The van der Waals surface area contributed by atoms with Crippen LogP contribution in [0, 0.1) is 0 Å². The van der Waals surface area contributed by atoms with Crippen molar-refractivity contribution in [3.05, 3.63) is 58.6 Å². The van der Waals surface area contributed by atoms with Crippen LogP contribution in [0.5, 0.6) is 11.5 Å². The van der Waals surface area contributed by atoms with E-state index in [2.05, 4.69) is 0 Å². The molecule has 1 saturated heterocycles. The molecule has 2 aromatic rings. The molecule has 0 bridgehead atoms. The highest BCUT2D eigenvalue weighted by Crippen LogP contribution is 2.40. The van der Waals surface area contributed by atoms with Gasteiger partial charge >= 0.3 is 5.97 Å². The molecule has 0 aliphatic carbocycles. The summed E-state index contributed by atoms with van der Waals surface area (Å²) in [6, 6.07) is 12.3. The van der Waals surface area contributed by atoms with E-state index in [1.54, 1.807) is 14.2 Å². The Bertz CT molecular complexity index is 811. The van der Waals surface area contributed by atoms with Gasteiger partial charge in [0.05, 0.1) is 20.3 Å². The van der Waals surface area contributed by atoms with Crippen LogP contribution in [0.3, 0.4) is 0 Å². The van der Waals surface area contributed by atoms with Gasteiger partial charge in [-0.3, -0.25) is 9.69 Å². The van der Waals surface area contributed by atoms with E-state index < -0.39 is 12.0 Å². The maximum atomic E-state index is 12.0. The molecule has 0 radical (unpaired) electrons. The maximum Gasteiger partial charge on any atom is 0.320 e. The lowest BCUT2D eigenvalue weighted by Crippen LogP contribution is -2.46. The lowest BCUT2D eigenvalue weighted by molar-refractivity contribution is -0.145. The number of aliphatic carboxylic acids is 1. The van der Waals surface area contributed by atoms with Crippen LogP contribution >= 0.6 is 11.6 Å². The zero-order chi connectivity index (χ0) is 19.4. The number of piperidine rings is 1. The molecule has 5 nitrogen and oxygen atoms in total. The van der Waals surface area contributed by atoms with Gasteiger partial charge in [0.2, 0.25) is 0 Å². The van der Waals surface area contributed by atoms with Gasteiger partial charge in [-0.2, -0.15) is 0 Å². The summed E-state index contributed by atoms with van der Waals surface area (Å²) < 4.78 is 11.0. The maximum absolute atomic E-state index is 12.0. The Morgan fingerprint density at radius 3 is 2.67 bits per heavy atom. The van der Waals surface area contributed by atoms with E-state index in [0.717, 1.165) is 24.0 Å². The molecule has 2 unspecified atom stereocenters. The predicted octanol–water partition coefficient (Wildman–Crippen LogP) is 4.39. The average Bonchev–Trinajstić information content (AvgIpc) is 2.68. The molecule has 1 N–H and O–H groups in total. The molecule has 144 valence electrons.